The number of piperidine rings is 1. The van der Waals surface area contributed by atoms with E-state index in [9.17, 15) is 15.0 Å². The molecule has 1 aromatic carbocycles. The first-order chi connectivity index (χ1) is 16.4. The second kappa shape index (κ2) is 9.78. The van der Waals surface area contributed by atoms with Crippen molar-refractivity contribution in [3.63, 3.8) is 0 Å². The molecule has 2 aliphatic rings. The largest absolute Gasteiger partial charge is 0.393 e. The summed E-state index contributed by atoms with van der Waals surface area (Å²) in [6.07, 6.45) is 7.18. The third-order valence-electron chi connectivity index (χ3n) is 7.03. The first kappa shape index (κ1) is 23.5. The van der Waals surface area contributed by atoms with Gasteiger partial charge in [0.25, 0.3) is 5.91 Å². The molecule has 3 aromatic rings. The van der Waals surface area contributed by atoms with Gasteiger partial charge in [-0.15, -0.1) is 11.3 Å². The molecule has 1 aliphatic carbocycles. The predicted molar refractivity (Wildman–Crippen MR) is 136 cm³/mol. The molecule has 2 fully saturated rings. The van der Waals surface area contributed by atoms with Crippen molar-refractivity contribution in [3.8, 4) is 21.6 Å². The number of amides is 1. The molecule has 5 rings (SSSR count). The van der Waals surface area contributed by atoms with E-state index in [-0.39, 0.29) is 12.0 Å². The van der Waals surface area contributed by atoms with Crippen LogP contribution in [0.5, 0.6) is 0 Å². The zero-order valence-corrected chi connectivity index (χ0v) is 20.6. The Morgan fingerprint density at radius 2 is 1.88 bits per heavy atom. The number of hydrogen-bond donors (Lipinski definition) is 2. The minimum Gasteiger partial charge on any atom is -0.393 e. The van der Waals surface area contributed by atoms with Crippen molar-refractivity contribution in [2.24, 2.45) is 0 Å². The second-order valence-corrected chi connectivity index (χ2v) is 10.9. The normalized spacial score (nSPS) is 18.4. The Bertz CT molecular complexity index is 1180. The predicted octanol–water partition coefficient (Wildman–Crippen LogP) is 5.58. The van der Waals surface area contributed by atoms with Gasteiger partial charge in [-0.05, 0) is 72.5 Å². The first-order valence-electron chi connectivity index (χ1n) is 11.9. The molecule has 2 aromatic heterocycles. The van der Waals surface area contributed by atoms with E-state index in [1.165, 1.54) is 0 Å². The Morgan fingerprint density at radius 3 is 2.62 bits per heavy atom. The quantitative estimate of drug-likeness (QED) is 0.484. The fraction of sp³-hybridized carbons (Fsp3) is 0.407. The number of aromatic nitrogens is 1. The molecule has 178 valence electrons. The summed E-state index contributed by atoms with van der Waals surface area (Å²) in [5.74, 6) is -0.0412. The Labute approximate surface area is 209 Å². The van der Waals surface area contributed by atoms with Gasteiger partial charge >= 0.3 is 0 Å². The number of pyridine rings is 1. The van der Waals surface area contributed by atoms with Gasteiger partial charge in [0.1, 0.15) is 0 Å². The summed E-state index contributed by atoms with van der Waals surface area (Å²) in [5.41, 5.74) is 3.94. The van der Waals surface area contributed by atoms with Crippen LogP contribution >= 0.6 is 22.9 Å². The maximum absolute atomic E-state index is 12.8. The van der Waals surface area contributed by atoms with Crippen LogP contribution in [0.1, 0.15) is 54.6 Å². The SMILES string of the molecule is O=C(c1ccc(-c2cc(-c3ccnc(CC4(O)CCCC4)c3)cs2)c(Cl)c1)N1CCC(O)CC1. The molecule has 0 atom stereocenters. The molecular weight excluding hydrogens is 468 g/mol. The maximum Gasteiger partial charge on any atom is 0.253 e. The molecule has 3 heterocycles. The molecule has 1 aliphatic heterocycles. The summed E-state index contributed by atoms with van der Waals surface area (Å²) in [6, 6.07) is 11.7. The van der Waals surface area contributed by atoms with Crippen LogP contribution in [0, 0.1) is 0 Å². The van der Waals surface area contributed by atoms with Crippen molar-refractivity contribution in [1.82, 2.24) is 9.88 Å². The minimum absolute atomic E-state index is 0.0412. The molecule has 0 spiro atoms. The van der Waals surface area contributed by atoms with E-state index in [1.807, 2.05) is 24.4 Å². The number of benzene rings is 1. The summed E-state index contributed by atoms with van der Waals surface area (Å²) >= 11 is 8.23. The highest BCUT2D eigenvalue weighted by Crippen LogP contribution is 2.38. The number of aliphatic hydroxyl groups excluding tert-OH is 1. The van der Waals surface area contributed by atoms with Crippen molar-refractivity contribution in [2.45, 2.75) is 56.7 Å². The van der Waals surface area contributed by atoms with E-state index in [2.05, 4.69) is 22.5 Å². The summed E-state index contributed by atoms with van der Waals surface area (Å²) in [4.78, 5) is 20.1. The molecule has 1 saturated carbocycles. The van der Waals surface area contributed by atoms with E-state index in [4.69, 9.17) is 11.6 Å². The lowest BCUT2D eigenvalue weighted by atomic mass is 9.94. The smallest absolute Gasteiger partial charge is 0.253 e. The van der Waals surface area contributed by atoms with Crippen molar-refractivity contribution < 1.29 is 15.0 Å². The number of aliphatic hydroxyl groups is 2. The van der Waals surface area contributed by atoms with E-state index >= 15 is 0 Å². The molecule has 0 radical (unpaired) electrons. The average Bonchev–Trinajstić information content (AvgIpc) is 3.49. The van der Waals surface area contributed by atoms with Crippen LogP contribution in [-0.2, 0) is 6.42 Å². The Balaban J connectivity index is 1.33. The van der Waals surface area contributed by atoms with Gasteiger partial charge in [0.15, 0.2) is 0 Å². The van der Waals surface area contributed by atoms with E-state index in [0.29, 0.717) is 42.9 Å². The van der Waals surface area contributed by atoms with Gasteiger partial charge in [-0.1, -0.05) is 30.5 Å². The molecule has 0 unspecified atom stereocenters. The lowest BCUT2D eigenvalue weighted by Crippen LogP contribution is -2.40. The highest BCUT2D eigenvalue weighted by molar-refractivity contribution is 7.14. The van der Waals surface area contributed by atoms with Crippen molar-refractivity contribution in [2.75, 3.05) is 13.1 Å². The minimum atomic E-state index is -0.619. The van der Waals surface area contributed by atoms with Gasteiger partial charge in [0.2, 0.25) is 0 Å². The summed E-state index contributed by atoms with van der Waals surface area (Å²) in [5, 5.41) is 23.1. The second-order valence-electron chi connectivity index (χ2n) is 9.56. The summed E-state index contributed by atoms with van der Waals surface area (Å²) < 4.78 is 0. The number of carbonyl (C=O) groups excluding carboxylic acids is 1. The van der Waals surface area contributed by atoms with Crippen LogP contribution in [0.25, 0.3) is 21.6 Å². The topological polar surface area (TPSA) is 73.7 Å². The Kier molecular flexibility index (Phi) is 6.76. The molecule has 0 bridgehead atoms. The molecule has 1 saturated heterocycles. The number of thiophene rings is 1. The van der Waals surface area contributed by atoms with Crippen molar-refractivity contribution >= 4 is 28.8 Å². The Morgan fingerprint density at radius 1 is 1.12 bits per heavy atom. The first-order valence-corrected chi connectivity index (χ1v) is 13.2. The lowest BCUT2D eigenvalue weighted by molar-refractivity contribution is 0.0472. The van der Waals surface area contributed by atoms with Crippen LogP contribution in [0.2, 0.25) is 5.02 Å². The molecule has 5 nitrogen and oxygen atoms in total. The number of carbonyl (C=O) groups is 1. The monoisotopic (exact) mass is 496 g/mol. The van der Waals surface area contributed by atoms with Gasteiger partial charge in [-0.2, -0.15) is 0 Å². The standard InChI is InChI=1S/C27H29ClN2O3S/c28-24-14-19(26(32)30-11-6-22(31)7-12-30)3-4-23(24)25-15-20(17-34-25)18-5-10-29-21(13-18)16-27(33)8-1-2-9-27/h3-5,10,13-15,17,22,31,33H,1-2,6-9,11-12,16H2. The van der Waals surface area contributed by atoms with Crippen LogP contribution in [-0.4, -0.2) is 50.8 Å². The third-order valence-corrected chi connectivity index (χ3v) is 8.30. The van der Waals surface area contributed by atoms with Crippen LogP contribution in [0.15, 0.2) is 48.0 Å². The lowest BCUT2D eigenvalue weighted by Gasteiger charge is -2.29. The zero-order chi connectivity index (χ0) is 23.7. The highest BCUT2D eigenvalue weighted by atomic mass is 35.5. The van der Waals surface area contributed by atoms with Gasteiger partial charge in [0.05, 0.1) is 16.7 Å². The van der Waals surface area contributed by atoms with E-state index in [1.54, 1.807) is 22.3 Å². The van der Waals surface area contributed by atoms with Crippen molar-refractivity contribution in [1.29, 1.82) is 0 Å². The fourth-order valence-corrected chi connectivity index (χ4v) is 6.33. The number of halogens is 1. The number of likely N-dealkylation sites (tertiary alicyclic amines) is 1. The number of rotatable bonds is 5. The molecule has 34 heavy (non-hydrogen) atoms. The highest BCUT2D eigenvalue weighted by Gasteiger charge is 2.31. The zero-order valence-electron chi connectivity index (χ0n) is 19.0. The molecular formula is C27H29ClN2O3S. The summed E-state index contributed by atoms with van der Waals surface area (Å²) in [6.45, 7) is 1.14. The maximum atomic E-state index is 12.8. The summed E-state index contributed by atoms with van der Waals surface area (Å²) in [7, 11) is 0. The van der Waals surface area contributed by atoms with Crippen LogP contribution < -0.4 is 0 Å². The third kappa shape index (κ3) is 5.05. The number of nitrogens with zero attached hydrogens (tertiary/aromatic N) is 2. The Hall–Kier alpha value is -2.25. The van der Waals surface area contributed by atoms with Gasteiger partial charge in [0, 0.05) is 47.4 Å². The van der Waals surface area contributed by atoms with Crippen LogP contribution in [0.4, 0.5) is 0 Å². The number of hydrogen-bond acceptors (Lipinski definition) is 5. The fourth-order valence-electron chi connectivity index (χ4n) is 5.03. The van der Waals surface area contributed by atoms with Gasteiger partial charge in [-0.25, -0.2) is 0 Å². The van der Waals surface area contributed by atoms with Gasteiger partial charge < -0.3 is 15.1 Å². The van der Waals surface area contributed by atoms with Crippen molar-refractivity contribution in [3.05, 3.63) is 64.3 Å². The van der Waals surface area contributed by atoms with Crippen LogP contribution in [0.3, 0.4) is 0 Å². The molecule has 7 heteroatoms. The van der Waals surface area contributed by atoms with E-state index < -0.39 is 5.60 Å². The average molecular weight is 497 g/mol. The molecule has 2 N–H and O–H groups in total. The molecule has 1 amide bonds. The van der Waals surface area contributed by atoms with Gasteiger partial charge in [-0.3, -0.25) is 9.78 Å². The van der Waals surface area contributed by atoms with E-state index in [0.717, 1.165) is 52.9 Å².